The van der Waals surface area contributed by atoms with E-state index in [9.17, 15) is 0 Å². The molecule has 1 aromatic carbocycles. The number of nitrogens with one attached hydrogen (secondary N) is 2. The lowest BCUT2D eigenvalue weighted by Gasteiger charge is -2.15. The highest BCUT2D eigenvalue weighted by atomic mass is 32.1. The Bertz CT molecular complexity index is 421. The van der Waals surface area contributed by atoms with E-state index in [0.29, 0.717) is 11.1 Å². The normalized spacial score (nSPS) is 27.4. The fourth-order valence-electron chi connectivity index (χ4n) is 2.58. The van der Waals surface area contributed by atoms with Crippen molar-refractivity contribution in [2.24, 2.45) is 0 Å². The van der Waals surface area contributed by atoms with Gasteiger partial charge in [-0.2, -0.15) is 5.43 Å². The van der Waals surface area contributed by atoms with Gasteiger partial charge in [0.1, 0.15) is 0 Å². The Kier molecular flexibility index (Phi) is 2.53. The molecule has 2 N–H and O–H groups in total. The fourth-order valence-corrected chi connectivity index (χ4v) is 2.76. The Morgan fingerprint density at radius 1 is 1.38 bits per heavy atom. The van der Waals surface area contributed by atoms with Gasteiger partial charge in [-0.25, -0.2) is 0 Å². The van der Waals surface area contributed by atoms with Gasteiger partial charge in [0.05, 0.1) is 0 Å². The highest BCUT2D eigenvalue weighted by molar-refractivity contribution is 7.80. The van der Waals surface area contributed by atoms with Crippen molar-refractivity contribution < 1.29 is 4.74 Å². The second-order valence-electron chi connectivity index (χ2n) is 4.33. The Morgan fingerprint density at radius 2 is 2.25 bits per heavy atom. The SMILES string of the molecule is S=C1NNC(CC2CCc3ccccc32)O1. The van der Waals surface area contributed by atoms with Gasteiger partial charge in [-0.05, 0) is 42.1 Å². The van der Waals surface area contributed by atoms with Gasteiger partial charge in [0.25, 0.3) is 5.17 Å². The third-order valence-corrected chi connectivity index (χ3v) is 3.54. The molecule has 84 valence electrons. The second-order valence-corrected chi connectivity index (χ2v) is 4.70. The molecule has 0 bridgehead atoms. The molecule has 1 heterocycles. The lowest BCUT2D eigenvalue weighted by Crippen LogP contribution is -2.32. The largest absolute Gasteiger partial charge is 0.449 e. The number of benzene rings is 1. The van der Waals surface area contributed by atoms with Crippen molar-refractivity contribution in [1.29, 1.82) is 0 Å². The van der Waals surface area contributed by atoms with Crippen LogP contribution in [-0.4, -0.2) is 11.4 Å². The van der Waals surface area contributed by atoms with Crippen LogP contribution in [0.2, 0.25) is 0 Å². The van der Waals surface area contributed by atoms with Crippen LogP contribution >= 0.6 is 12.2 Å². The number of rotatable bonds is 2. The Labute approximate surface area is 100 Å². The minimum atomic E-state index is 0.0173. The van der Waals surface area contributed by atoms with Crippen LogP contribution in [0, 0.1) is 0 Å². The molecule has 2 unspecified atom stereocenters. The fraction of sp³-hybridized carbons (Fsp3) is 0.417. The summed E-state index contributed by atoms with van der Waals surface area (Å²) in [7, 11) is 0. The molecule has 1 aromatic rings. The average Bonchev–Trinajstić information content (AvgIpc) is 2.87. The smallest absolute Gasteiger partial charge is 0.273 e. The lowest BCUT2D eigenvalue weighted by molar-refractivity contribution is 0.176. The van der Waals surface area contributed by atoms with E-state index in [1.165, 1.54) is 24.0 Å². The van der Waals surface area contributed by atoms with Gasteiger partial charge in [0.2, 0.25) is 0 Å². The molecular formula is C12H14N2OS. The summed E-state index contributed by atoms with van der Waals surface area (Å²) in [6.45, 7) is 0. The molecule has 0 aromatic heterocycles. The van der Waals surface area contributed by atoms with E-state index in [1.807, 2.05) is 0 Å². The zero-order chi connectivity index (χ0) is 11.0. The van der Waals surface area contributed by atoms with E-state index in [1.54, 1.807) is 0 Å². The summed E-state index contributed by atoms with van der Waals surface area (Å²) < 4.78 is 5.45. The van der Waals surface area contributed by atoms with Crippen LogP contribution in [-0.2, 0) is 11.2 Å². The third-order valence-electron chi connectivity index (χ3n) is 3.34. The molecule has 0 radical (unpaired) electrons. The Balaban J connectivity index is 1.71. The van der Waals surface area contributed by atoms with E-state index < -0.39 is 0 Å². The highest BCUT2D eigenvalue weighted by Crippen LogP contribution is 2.36. The van der Waals surface area contributed by atoms with Gasteiger partial charge in [0, 0.05) is 6.42 Å². The molecule has 1 fully saturated rings. The molecular weight excluding hydrogens is 220 g/mol. The predicted molar refractivity (Wildman–Crippen MR) is 65.9 cm³/mol. The topological polar surface area (TPSA) is 33.3 Å². The van der Waals surface area contributed by atoms with Crippen molar-refractivity contribution >= 4 is 17.4 Å². The zero-order valence-corrected chi connectivity index (χ0v) is 9.72. The van der Waals surface area contributed by atoms with Gasteiger partial charge in [-0.1, -0.05) is 24.3 Å². The summed E-state index contributed by atoms with van der Waals surface area (Å²) in [5, 5.41) is 0.455. The van der Waals surface area contributed by atoms with Crippen molar-refractivity contribution in [2.45, 2.75) is 31.4 Å². The van der Waals surface area contributed by atoms with Crippen LogP contribution in [0.4, 0.5) is 0 Å². The van der Waals surface area contributed by atoms with E-state index in [0.717, 1.165) is 6.42 Å². The first kappa shape index (κ1) is 10.1. The summed E-state index contributed by atoms with van der Waals surface area (Å²) in [4.78, 5) is 0. The Hall–Kier alpha value is -1.13. The van der Waals surface area contributed by atoms with E-state index >= 15 is 0 Å². The molecule has 0 amide bonds. The molecule has 3 nitrogen and oxygen atoms in total. The van der Waals surface area contributed by atoms with Crippen LogP contribution in [0.25, 0.3) is 0 Å². The number of hydrogen-bond acceptors (Lipinski definition) is 3. The van der Waals surface area contributed by atoms with Gasteiger partial charge >= 0.3 is 0 Å². The van der Waals surface area contributed by atoms with E-state index in [2.05, 4.69) is 35.1 Å². The maximum Gasteiger partial charge on any atom is 0.273 e. The summed E-state index contributed by atoms with van der Waals surface area (Å²) in [6, 6.07) is 8.68. The predicted octanol–water partition coefficient (Wildman–Crippen LogP) is 1.84. The van der Waals surface area contributed by atoms with Crippen molar-refractivity contribution in [2.75, 3.05) is 0 Å². The first-order chi connectivity index (χ1) is 7.83. The number of aryl methyl sites for hydroxylation is 1. The molecule has 1 aliphatic heterocycles. The van der Waals surface area contributed by atoms with E-state index in [-0.39, 0.29) is 6.23 Å². The van der Waals surface area contributed by atoms with Crippen LogP contribution in [0.1, 0.15) is 29.9 Å². The number of fused-ring (bicyclic) bond motifs is 1. The first-order valence-electron chi connectivity index (χ1n) is 5.63. The Morgan fingerprint density at radius 3 is 3.06 bits per heavy atom. The maximum absolute atomic E-state index is 5.45. The summed E-state index contributed by atoms with van der Waals surface area (Å²) in [5.41, 5.74) is 8.84. The minimum absolute atomic E-state index is 0.0173. The van der Waals surface area contributed by atoms with Crippen LogP contribution < -0.4 is 10.9 Å². The molecule has 0 spiro atoms. The van der Waals surface area contributed by atoms with Crippen LogP contribution in [0.15, 0.2) is 24.3 Å². The van der Waals surface area contributed by atoms with Crippen molar-refractivity contribution in [3.63, 3.8) is 0 Å². The van der Waals surface area contributed by atoms with Crippen molar-refractivity contribution in [3.8, 4) is 0 Å². The minimum Gasteiger partial charge on any atom is -0.449 e. The number of ether oxygens (including phenoxy) is 1. The third kappa shape index (κ3) is 1.79. The van der Waals surface area contributed by atoms with Crippen LogP contribution in [0.3, 0.4) is 0 Å². The quantitative estimate of drug-likeness (QED) is 0.765. The number of hydrogen-bond donors (Lipinski definition) is 2. The van der Waals surface area contributed by atoms with Crippen molar-refractivity contribution in [3.05, 3.63) is 35.4 Å². The van der Waals surface area contributed by atoms with Crippen LogP contribution in [0.5, 0.6) is 0 Å². The maximum atomic E-state index is 5.45. The molecule has 3 rings (SSSR count). The lowest BCUT2D eigenvalue weighted by atomic mass is 9.97. The number of thiocarbonyl (C=S) groups is 1. The molecule has 2 aliphatic rings. The van der Waals surface area contributed by atoms with Gasteiger partial charge in [-0.15, -0.1) is 0 Å². The summed E-state index contributed by atoms with van der Waals surface area (Å²) in [6.07, 6.45) is 3.40. The van der Waals surface area contributed by atoms with Gasteiger partial charge < -0.3 is 4.74 Å². The van der Waals surface area contributed by atoms with Crippen molar-refractivity contribution in [1.82, 2.24) is 10.9 Å². The standard InChI is InChI=1S/C12H14N2OS/c16-12-14-13-11(15-12)7-9-6-5-8-3-1-2-4-10(8)9/h1-4,9,11,13H,5-7H2,(H,14,16). The molecule has 1 aliphatic carbocycles. The second kappa shape index (κ2) is 4.03. The van der Waals surface area contributed by atoms with E-state index in [4.69, 9.17) is 17.0 Å². The molecule has 4 heteroatoms. The monoisotopic (exact) mass is 234 g/mol. The molecule has 0 saturated carbocycles. The zero-order valence-electron chi connectivity index (χ0n) is 8.90. The summed E-state index contributed by atoms with van der Waals surface area (Å²) >= 11 is 4.92. The molecule has 1 saturated heterocycles. The number of hydrazine groups is 1. The molecule has 16 heavy (non-hydrogen) atoms. The van der Waals surface area contributed by atoms with Gasteiger partial charge in [-0.3, -0.25) is 5.43 Å². The molecule has 2 atom stereocenters. The average molecular weight is 234 g/mol. The highest BCUT2D eigenvalue weighted by Gasteiger charge is 2.28. The first-order valence-corrected chi connectivity index (χ1v) is 6.04. The summed E-state index contributed by atoms with van der Waals surface area (Å²) in [5.74, 6) is 0.594. The van der Waals surface area contributed by atoms with Gasteiger partial charge in [0.15, 0.2) is 6.23 Å².